The Bertz CT molecular complexity index is 1090. The first-order valence-corrected chi connectivity index (χ1v) is 8.52. The number of aliphatic hydroxyl groups excluding tert-OH is 1. The molecule has 4 aromatic rings. The number of H-pyrrole nitrogens is 1. The maximum absolute atomic E-state index is 9.02. The Labute approximate surface area is 150 Å². The van der Waals surface area contributed by atoms with E-state index in [2.05, 4.69) is 21.0 Å². The zero-order valence-electron chi connectivity index (χ0n) is 14.5. The summed E-state index contributed by atoms with van der Waals surface area (Å²) in [5.41, 5.74) is 10.4. The number of methoxy groups -OCH3 is 1. The van der Waals surface area contributed by atoms with Crippen molar-refractivity contribution >= 4 is 27.5 Å². The van der Waals surface area contributed by atoms with Gasteiger partial charge in [-0.15, -0.1) is 0 Å². The quantitative estimate of drug-likeness (QED) is 0.481. The number of hydrogen-bond acceptors (Lipinski definition) is 5. The number of nitrogens with one attached hydrogen (secondary N) is 1. The molecule has 132 valence electrons. The van der Waals surface area contributed by atoms with E-state index in [1.54, 1.807) is 7.11 Å². The number of hydrogen-bond donors (Lipinski definition) is 3. The Morgan fingerprint density at radius 3 is 2.85 bits per heavy atom. The fraction of sp³-hybridized carbons (Fsp3) is 0.200. The molecule has 6 nitrogen and oxygen atoms in total. The number of imidazole rings is 1. The van der Waals surface area contributed by atoms with Crippen LogP contribution < -0.4 is 10.5 Å². The number of aromatic amines is 1. The second kappa shape index (κ2) is 6.65. The molecule has 4 N–H and O–H groups in total. The van der Waals surface area contributed by atoms with E-state index >= 15 is 0 Å². The van der Waals surface area contributed by atoms with Gasteiger partial charge in [0.05, 0.1) is 29.5 Å². The van der Waals surface area contributed by atoms with Gasteiger partial charge in [0, 0.05) is 30.0 Å². The van der Waals surface area contributed by atoms with E-state index in [4.69, 9.17) is 15.6 Å². The number of nitrogens with zero attached hydrogens (tertiary/aromatic N) is 2. The summed E-state index contributed by atoms with van der Waals surface area (Å²) in [5, 5.41) is 11.1. The monoisotopic (exact) mass is 348 g/mol. The van der Waals surface area contributed by atoms with E-state index in [1.807, 2.05) is 36.4 Å². The van der Waals surface area contributed by atoms with Crippen molar-refractivity contribution in [3.63, 3.8) is 0 Å². The van der Waals surface area contributed by atoms with Gasteiger partial charge < -0.3 is 20.6 Å². The first-order chi connectivity index (χ1) is 12.7. The first-order valence-electron chi connectivity index (χ1n) is 8.52. The summed E-state index contributed by atoms with van der Waals surface area (Å²) in [4.78, 5) is 12.5. The third-order valence-electron chi connectivity index (χ3n) is 4.46. The molecule has 0 amide bonds. The van der Waals surface area contributed by atoms with Crippen LogP contribution in [0.5, 0.6) is 5.88 Å². The van der Waals surface area contributed by atoms with Crippen LogP contribution in [-0.2, 0) is 6.42 Å². The summed E-state index contributed by atoms with van der Waals surface area (Å²) in [6.07, 6.45) is 1.36. The van der Waals surface area contributed by atoms with E-state index in [-0.39, 0.29) is 6.61 Å². The number of nitrogen functional groups attached to an aromatic ring is 1. The van der Waals surface area contributed by atoms with Crippen molar-refractivity contribution in [2.24, 2.45) is 0 Å². The zero-order chi connectivity index (χ0) is 18.1. The van der Waals surface area contributed by atoms with Crippen molar-refractivity contribution in [1.29, 1.82) is 0 Å². The third kappa shape index (κ3) is 2.84. The number of nitrogens with two attached hydrogens (primary N) is 1. The van der Waals surface area contributed by atoms with Crippen LogP contribution >= 0.6 is 0 Å². The molecule has 0 radical (unpaired) electrons. The molecule has 0 atom stereocenters. The van der Waals surface area contributed by atoms with Gasteiger partial charge >= 0.3 is 0 Å². The molecule has 0 unspecified atom stereocenters. The van der Waals surface area contributed by atoms with Crippen molar-refractivity contribution in [3.05, 3.63) is 48.3 Å². The van der Waals surface area contributed by atoms with Crippen LogP contribution in [0.2, 0.25) is 0 Å². The zero-order valence-corrected chi connectivity index (χ0v) is 14.5. The number of aromatic nitrogens is 3. The maximum atomic E-state index is 9.02. The minimum Gasteiger partial charge on any atom is -0.481 e. The molecule has 0 saturated carbocycles. The molecule has 0 aliphatic carbocycles. The molecule has 0 saturated heterocycles. The Kier molecular flexibility index (Phi) is 4.18. The average Bonchev–Trinajstić information content (AvgIpc) is 3.11. The van der Waals surface area contributed by atoms with Crippen molar-refractivity contribution in [2.45, 2.75) is 12.8 Å². The van der Waals surface area contributed by atoms with E-state index in [0.29, 0.717) is 24.4 Å². The fourth-order valence-corrected chi connectivity index (χ4v) is 3.18. The summed E-state index contributed by atoms with van der Waals surface area (Å²) >= 11 is 0. The van der Waals surface area contributed by atoms with Crippen molar-refractivity contribution in [2.75, 3.05) is 19.5 Å². The van der Waals surface area contributed by atoms with Gasteiger partial charge in [0.2, 0.25) is 5.88 Å². The molecule has 0 aliphatic heterocycles. The molecule has 2 aromatic carbocycles. The van der Waals surface area contributed by atoms with Crippen molar-refractivity contribution in [1.82, 2.24) is 15.0 Å². The molecule has 4 rings (SSSR count). The van der Waals surface area contributed by atoms with Crippen LogP contribution in [0, 0.1) is 0 Å². The fourth-order valence-electron chi connectivity index (χ4n) is 3.18. The number of rotatable bonds is 5. The summed E-state index contributed by atoms with van der Waals surface area (Å²) in [6, 6.07) is 13.8. The minimum atomic E-state index is 0.143. The van der Waals surface area contributed by atoms with Crippen LogP contribution in [0.4, 0.5) is 5.69 Å². The molecule has 0 bridgehead atoms. The number of aliphatic hydroxyl groups is 1. The second-order valence-electron chi connectivity index (χ2n) is 6.20. The second-order valence-corrected chi connectivity index (χ2v) is 6.20. The predicted octanol–water partition coefficient (Wildman–Crippen LogP) is 3.29. The standard InChI is InChI=1S/C20H20N4O2/c1-26-18-6-2-4-16(22-18)12-7-8-14-13(10-12)11-15(21)20-19(14)23-17(24-20)5-3-9-25/h2,4,6-8,10-11,25H,3,5,9,21H2,1H3,(H,23,24). The molecule has 0 spiro atoms. The number of ether oxygens (including phenoxy) is 1. The van der Waals surface area contributed by atoms with Crippen molar-refractivity contribution < 1.29 is 9.84 Å². The lowest BCUT2D eigenvalue weighted by Crippen LogP contribution is -1.91. The summed E-state index contributed by atoms with van der Waals surface area (Å²) in [5.74, 6) is 1.42. The van der Waals surface area contributed by atoms with E-state index in [0.717, 1.165) is 38.9 Å². The van der Waals surface area contributed by atoms with E-state index < -0.39 is 0 Å². The Balaban J connectivity index is 1.84. The maximum Gasteiger partial charge on any atom is 0.213 e. The molecule has 0 aliphatic rings. The molecule has 6 heteroatoms. The summed E-state index contributed by atoms with van der Waals surface area (Å²) in [7, 11) is 1.61. The molecular formula is C20H20N4O2. The molecule has 2 heterocycles. The average molecular weight is 348 g/mol. The molecular weight excluding hydrogens is 328 g/mol. The molecule has 2 aromatic heterocycles. The number of pyridine rings is 1. The smallest absolute Gasteiger partial charge is 0.213 e. The van der Waals surface area contributed by atoms with Gasteiger partial charge in [0.1, 0.15) is 5.82 Å². The highest BCUT2D eigenvalue weighted by Crippen LogP contribution is 2.32. The molecule has 26 heavy (non-hydrogen) atoms. The summed E-state index contributed by atoms with van der Waals surface area (Å²) in [6.45, 7) is 0.143. The normalized spacial score (nSPS) is 11.3. The third-order valence-corrected chi connectivity index (χ3v) is 4.46. The van der Waals surface area contributed by atoms with Gasteiger partial charge in [-0.3, -0.25) is 0 Å². The minimum absolute atomic E-state index is 0.143. The molecule has 0 fully saturated rings. The Morgan fingerprint density at radius 1 is 1.15 bits per heavy atom. The lowest BCUT2D eigenvalue weighted by atomic mass is 10.0. The number of benzene rings is 2. The Hall–Kier alpha value is -3.12. The van der Waals surface area contributed by atoms with Gasteiger partial charge in [-0.25, -0.2) is 9.97 Å². The SMILES string of the molecule is COc1cccc(-c2ccc3c(c2)cc(N)c2[nH]c(CCCO)nc23)n1. The Morgan fingerprint density at radius 2 is 2.04 bits per heavy atom. The van der Waals surface area contributed by atoms with Gasteiger partial charge in [-0.2, -0.15) is 0 Å². The summed E-state index contributed by atoms with van der Waals surface area (Å²) < 4.78 is 5.21. The first kappa shape index (κ1) is 16.4. The van der Waals surface area contributed by atoms with Crippen LogP contribution in [0.3, 0.4) is 0 Å². The highest BCUT2D eigenvalue weighted by Gasteiger charge is 2.12. The largest absolute Gasteiger partial charge is 0.481 e. The van der Waals surface area contributed by atoms with Gasteiger partial charge in [-0.05, 0) is 30.0 Å². The number of fused-ring (bicyclic) bond motifs is 3. The predicted molar refractivity (Wildman–Crippen MR) is 103 cm³/mol. The number of aryl methyl sites for hydroxylation is 1. The van der Waals surface area contributed by atoms with Crippen LogP contribution in [0.25, 0.3) is 33.1 Å². The van der Waals surface area contributed by atoms with Crippen molar-refractivity contribution in [3.8, 4) is 17.1 Å². The topological polar surface area (TPSA) is 97.0 Å². The highest BCUT2D eigenvalue weighted by atomic mass is 16.5. The van der Waals surface area contributed by atoms with Crippen LogP contribution in [-0.4, -0.2) is 33.8 Å². The highest BCUT2D eigenvalue weighted by molar-refractivity contribution is 6.10. The van der Waals surface area contributed by atoms with E-state index in [9.17, 15) is 0 Å². The van der Waals surface area contributed by atoms with E-state index in [1.165, 1.54) is 0 Å². The van der Waals surface area contributed by atoms with Gasteiger partial charge in [0.25, 0.3) is 0 Å². The van der Waals surface area contributed by atoms with Gasteiger partial charge in [-0.1, -0.05) is 18.2 Å². The lowest BCUT2D eigenvalue weighted by Gasteiger charge is -2.07. The lowest BCUT2D eigenvalue weighted by molar-refractivity contribution is 0.287. The van der Waals surface area contributed by atoms with Crippen LogP contribution in [0.15, 0.2) is 42.5 Å². The van der Waals surface area contributed by atoms with Gasteiger partial charge in [0.15, 0.2) is 0 Å². The number of anilines is 1. The van der Waals surface area contributed by atoms with Crippen LogP contribution in [0.1, 0.15) is 12.2 Å².